The van der Waals surface area contributed by atoms with Gasteiger partial charge in [-0.3, -0.25) is 4.79 Å². The van der Waals surface area contributed by atoms with E-state index in [0.717, 1.165) is 5.56 Å². The molecule has 1 aromatic carbocycles. The highest BCUT2D eigenvalue weighted by Crippen LogP contribution is 2.12. The van der Waals surface area contributed by atoms with Gasteiger partial charge >= 0.3 is 0 Å². The predicted octanol–water partition coefficient (Wildman–Crippen LogP) is 2.54. The summed E-state index contributed by atoms with van der Waals surface area (Å²) in [7, 11) is 0. The van der Waals surface area contributed by atoms with Crippen LogP contribution in [0.15, 0.2) is 42.7 Å². The monoisotopic (exact) mass is 285 g/mol. The molecule has 0 bridgehead atoms. The molecule has 0 aliphatic rings. The maximum atomic E-state index is 12.5. The van der Waals surface area contributed by atoms with Crippen LogP contribution in [0, 0.1) is 0 Å². The minimum Gasteiger partial charge on any atom is -0.478 e. The van der Waals surface area contributed by atoms with E-state index in [9.17, 15) is 4.79 Å². The normalized spacial score (nSPS) is 10.2. The molecule has 5 nitrogen and oxygen atoms in total. The first kappa shape index (κ1) is 15.0. The summed E-state index contributed by atoms with van der Waals surface area (Å²) in [6, 6.07) is 11.5. The third-order valence-electron chi connectivity index (χ3n) is 3.04. The number of benzene rings is 1. The van der Waals surface area contributed by atoms with Crippen LogP contribution in [0.1, 0.15) is 29.9 Å². The molecule has 1 aromatic heterocycles. The summed E-state index contributed by atoms with van der Waals surface area (Å²) < 4.78 is 5.31. The fourth-order valence-corrected chi connectivity index (χ4v) is 1.98. The Labute approximate surface area is 124 Å². The van der Waals surface area contributed by atoms with E-state index in [-0.39, 0.29) is 5.91 Å². The minimum absolute atomic E-state index is 0.121. The lowest BCUT2D eigenvalue weighted by Crippen LogP contribution is -2.31. The van der Waals surface area contributed by atoms with E-state index >= 15 is 0 Å². The van der Waals surface area contributed by atoms with E-state index in [0.29, 0.717) is 31.3 Å². The summed E-state index contributed by atoms with van der Waals surface area (Å²) in [4.78, 5) is 22.3. The Morgan fingerprint density at radius 2 is 1.95 bits per heavy atom. The van der Waals surface area contributed by atoms with Crippen LogP contribution in [0.25, 0.3) is 0 Å². The molecule has 2 aromatic rings. The number of amides is 1. The summed E-state index contributed by atoms with van der Waals surface area (Å²) in [5.41, 5.74) is 1.44. The van der Waals surface area contributed by atoms with Crippen molar-refractivity contribution in [3.05, 3.63) is 54.0 Å². The summed E-state index contributed by atoms with van der Waals surface area (Å²) in [5, 5.41) is 0. The Balaban J connectivity index is 2.14. The molecule has 110 valence electrons. The second-order valence-electron chi connectivity index (χ2n) is 4.48. The minimum atomic E-state index is -0.121. The molecule has 0 unspecified atom stereocenters. The lowest BCUT2D eigenvalue weighted by atomic mass is 10.2. The molecule has 2 rings (SSSR count). The van der Waals surface area contributed by atoms with Crippen LogP contribution >= 0.6 is 0 Å². The molecule has 0 aliphatic carbocycles. The van der Waals surface area contributed by atoms with Crippen molar-refractivity contribution in [1.82, 2.24) is 14.9 Å². The number of hydrogen-bond donors (Lipinski definition) is 0. The Kier molecular flexibility index (Phi) is 5.26. The van der Waals surface area contributed by atoms with Crippen LogP contribution in [0.4, 0.5) is 0 Å². The fraction of sp³-hybridized carbons (Fsp3) is 0.312. The van der Waals surface area contributed by atoms with Gasteiger partial charge in [0.05, 0.1) is 6.61 Å². The van der Waals surface area contributed by atoms with Crippen LogP contribution in [0.3, 0.4) is 0 Å². The molecule has 0 aliphatic heterocycles. The first-order valence-corrected chi connectivity index (χ1v) is 7.02. The number of aromatic nitrogens is 2. The molecule has 0 radical (unpaired) electrons. The average molecular weight is 285 g/mol. The zero-order valence-electron chi connectivity index (χ0n) is 12.3. The smallest absolute Gasteiger partial charge is 0.273 e. The van der Waals surface area contributed by atoms with E-state index in [1.165, 1.54) is 6.33 Å². The maximum absolute atomic E-state index is 12.5. The maximum Gasteiger partial charge on any atom is 0.273 e. The summed E-state index contributed by atoms with van der Waals surface area (Å²) >= 11 is 0. The molecule has 0 atom stereocenters. The molecule has 1 heterocycles. The van der Waals surface area contributed by atoms with Crippen molar-refractivity contribution in [1.29, 1.82) is 0 Å². The zero-order chi connectivity index (χ0) is 15.1. The highest BCUT2D eigenvalue weighted by Gasteiger charge is 2.16. The molecule has 0 fully saturated rings. The molecule has 0 spiro atoms. The number of carbonyl (C=O) groups is 1. The number of ether oxygens (including phenoxy) is 1. The molecule has 21 heavy (non-hydrogen) atoms. The van der Waals surface area contributed by atoms with Crippen molar-refractivity contribution in [3.63, 3.8) is 0 Å². The van der Waals surface area contributed by atoms with E-state index in [2.05, 4.69) is 9.97 Å². The van der Waals surface area contributed by atoms with Crippen LogP contribution in [0.2, 0.25) is 0 Å². The van der Waals surface area contributed by atoms with Crippen LogP contribution < -0.4 is 4.74 Å². The van der Waals surface area contributed by atoms with Gasteiger partial charge in [0.15, 0.2) is 0 Å². The van der Waals surface area contributed by atoms with Gasteiger partial charge in [0, 0.05) is 19.2 Å². The van der Waals surface area contributed by atoms with Gasteiger partial charge in [-0.2, -0.15) is 0 Å². The van der Waals surface area contributed by atoms with E-state index in [1.807, 2.05) is 44.2 Å². The third kappa shape index (κ3) is 4.02. The summed E-state index contributed by atoms with van der Waals surface area (Å²) in [6.45, 7) is 5.50. The lowest BCUT2D eigenvalue weighted by Gasteiger charge is -2.20. The van der Waals surface area contributed by atoms with Gasteiger partial charge in [-0.1, -0.05) is 30.3 Å². The van der Waals surface area contributed by atoms with Crippen molar-refractivity contribution < 1.29 is 9.53 Å². The molecule has 0 N–H and O–H groups in total. The second kappa shape index (κ2) is 7.38. The quantitative estimate of drug-likeness (QED) is 0.818. The fourth-order valence-electron chi connectivity index (χ4n) is 1.98. The summed E-state index contributed by atoms with van der Waals surface area (Å²) in [6.07, 6.45) is 1.36. The van der Waals surface area contributed by atoms with Crippen molar-refractivity contribution in [2.75, 3.05) is 13.2 Å². The topological polar surface area (TPSA) is 55.3 Å². The van der Waals surface area contributed by atoms with Gasteiger partial charge in [-0.15, -0.1) is 0 Å². The van der Waals surface area contributed by atoms with Crippen molar-refractivity contribution in [2.45, 2.75) is 20.4 Å². The number of nitrogens with zero attached hydrogens (tertiary/aromatic N) is 3. The van der Waals surface area contributed by atoms with Crippen molar-refractivity contribution in [3.8, 4) is 5.88 Å². The van der Waals surface area contributed by atoms with Gasteiger partial charge in [-0.05, 0) is 19.4 Å². The highest BCUT2D eigenvalue weighted by atomic mass is 16.5. The zero-order valence-corrected chi connectivity index (χ0v) is 12.3. The van der Waals surface area contributed by atoms with Crippen LogP contribution in [-0.2, 0) is 6.54 Å². The third-order valence-corrected chi connectivity index (χ3v) is 3.04. The Morgan fingerprint density at radius 1 is 1.19 bits per heavy atom. The van der Waals surface area contributed by atoms with Crippen molar-refractivity contribution in [2.24, 2.45) is 0 Å². The SMILES string of the molecule is CCOc1cc(C(=O)N(CC)Cc2ccccc2)ncn1. The van der Waals surface area contributed by atoms with Gasteiger partial charge in [0.25, 0.3) is 5.91 Å². The molecule has 0 saturated heterocycles. The number of rotatable bonds is 6. The van der Waals surface area contributed by atoms with Crippen molar-refractivity contribution >= 4 is 5.91 Å². The highest BCUT2D eigenvalue weighted by molar-refractivity contribution is 5.92. The molecular weight excluding hydrogens is 266 g/mol. The molecule has 5 heteroatoms. The molecular formula is C16H19N3O2. The largest absolute Gasteiger partial charge is 0.478 e. The van der Waals surface area contributed by atoms with Crippen LogP contribution in [-0.4, -0.2) is 33.9 Å². The van der Waals surface area contributed by atoms with Gasteiger partial charge in [0.2, 0.25) is 5.88 Å². The molecule has 0 saturated carbocycles. The van der Waals surface area contributed by atoms with Crippen LogP contribution in [0.5, 0.6) is 5.88 Å². The predicted molar refractivity (Wildman–Crippen MR) is 80.1 cm³/mol. The first-order chi connectivity index (χ1) is 10.2. The van der Waals surface area contributed by atoms with E-state index in [1.54, 1.807) is 11.0 Å². The van der Waals surface area contributed by atoms with E-state index < -0.39 is 0 Å². The van der Waals surface area contributed by atoms with Gasteiger partial charge < -0.3 is 9.64 Å². The number of carbonyl (C=O) groups excluding carboxylic acids is 1. The first-order valence-electron chi connectivity index (χ1n) is 7.02. The number of hydrogen-bond acceptors (Lipinski definition) is 4. The van der Waals surface area contributed by atoms with Gasteiger partial charge in [0.1, 0.15) is 12.0 Å². The second-order valence-corrected chi connectivity index (χ2v) is 4.48. The average Bonchev–Trinajstić information content (AvgIpc) is 2.53. The standard InChI is InChI=1S/C16H19N3O2/c1-3-19(11-13-8-6-5-7-9-13)16(20)14-10-15(21-4-2)18-12-17-14/h5-10,12H,3-4,11H2,1-2H3. The van der Waals surface area contributed by atoms with Gasteiger partial charge in [-0.25, -0.2) is 9.97 Å². The Morgan fingerprint density at radius 3 is 2.62 bits per heavy atom. The Bertz CT molecular complexity index is 587. The van der Waals surface area contributed by atoms with E-state index in [4.69, 9.17) is 4.74 Å². The summed E-state index contributed by atoms with van der Waals surface area (Å²) in [5.74, 6) is 0.302. The lowest BCUT2D eigenvalue weighted by molar-refractivity contribution is 0.0745. The Hall–Kier alpha value is -2.43. The molecule has 1 amide bonds.